The van der Waals surface area contributed by atoms with Crippen molar-refractivity contribution in [3.05, 3.63) is 36.3 Å². The molecule has 6 heteroatoms. The third kappa shape index (κ3) is 2.68. The van der Waals surface area contributed by atoms with Crippen molar-refractivity contribution in [3.63, 3.8) is 0 Å². The van der Waals surface area contributed by atoms with E-state index in [2.05, 4.69) is 10.4 Å². The fourth-order valence-electron chi connectivity index (χ4n) is 1.58. The number of carbonyl (C=O) groups is 1. The lowest BCUT2D eigenvalue weighted by atomic mass is 10.3. The highest BCUT2D eigenvalue weighted by Gasteiger charge is 2.09. The summed E-state index contributed by atoms with van der Waals surface area (Å²) in [5.74, 6) is 0.598. The smallest absolute Gasteiger partial charge is 0.235 e. The minimum absolute atomic E-state index is 0.0287. The molecule has 0 spiro atoms. The number of aromatic nitrogens is 3. The SMILES string of the molecule is Cn1cc(CNC(=O)CCl)c(-n2cccc2)n1. The molecular formula is C11H13ClN4O. The summed E-state index contributed by atoms with van der Waals surface area (Å²) in [6, 6.07) is 3.85. The van der Waals surface area contributed by atoms with E-state index in [1.54, 1.807) is 4.68 Å². The Hall–Kier alpha value is -1.75. The molecule has 2 rings (SSSR count). The highest BCUT2D eigenvalue weighted by Crippen LogP contribution is 2.12. The van der Waals surface area contributed by atoms with Crippen LogP contribution in [0.4, 0.5) is 0 Å². The van der Waals surface area contributed by atoms with E-state index in [1.807, 2.05) is 42.3 Å². The van der Waals surface area contributed by atoms with E-state index >= 15 is 0 Å². The van der Waals surface area contributed by atoms with E-state index in [4.69, 9.17) is 11.6 Å². The maximum atomic E-state index is 11.1. The summed E-state index contributed by atoms with van der Waals surface area (Å²) in [7, 11) is 1.85. The molecule has 5 nitrogen and oxygen atoms in total. The highest BCUT2D eigenvalue weighted by atomic mass is 35.5. The number of aryl methyl sites for hydroxylation is 1. The number of nitrogens with zero attached hydrogens (tertiary/aromatic N) is 3. The number of halogens is 1. The van der Waals surface area contributed by atoms with Crippen molar-refractivity contribution in [1.82, 2.24) is 19.7 Å². The van der Waals surface area contributed by atoms with Crippen molar-refractivity contribution in [2.45, 2.75) is 6.54 Å². The van der Waals surface area contributed by atoms with E-state index in [0.717, 1.165) is 11.4 Å². The molecule has 0 saturated carbocycles. The molecule has 17 heavy (non-hydrogen) atoms. The van der Waals surface area contributed by atoms with Crippen LogP contribution in [0.25, 0.3) is 5.82 Å². The summed E-state index contributed by atoms with van der Waals surface area (Å²) in [6.45, 7) is 0.424. The lowest BCUT2D eigenvalue weighted by Crippen LogP contribution is -2.24. The highest BCUT2D eigenvalue weighted by molar-refractivity contribution is 6.27. The van der Waals surface area contributed by atoms with Gasteiger partial charge in [-0.15, -0.1) is 11.6 Å². The molecule has 0 radical (unpaired) electrons. The Balaban J connectivity index is 2.19. The summed E-state index contributed by atoms with van der Waals surface area (Å²) in [4.78, 5) is 11.1. The van der Waals surface area contributed by atoms with Gasteiger partial charge in [0.25, 0.3) is 0 Å². The third-order valence-corrected chi connectivity index (χ3v) is 2.57. The van der Waals surface area contributed by atoms with Gasteiger partial charge in [0.2, 0.25) is 5.91 Å². The van der Waals surface area contributed by atoms with Gasteiger partial charge in [0, 0.05) is 37.7 Å². The molecule has 0 unspecified atom stereocenters. The first kappa shape index (κ1) is 11.7. The number of alkyl halides is 1. The molecule has 0 saturated heterocycles. The topological polar surface area (TPSA) is 51.9 Å². The fourth-order valence-corrected chi connectivity index (χ4v) is 1.68. The summed E-state index contributed by atoms with van der Waals surface area (Å²) in [5, 5.41) is 7.08. The monoisotopic (exact) mass is 252 g/mol. The van der Waals surface area contributed by atoms with Gasteiger partial charge in [-0.2, -0.15) is 5.10 Å². The number of rotatable bonds is 4. The molecule has 0 aliphatic carbocycles. The maximum absolute atomic E-state index is 11.1. The van der Waals surface area contributed by atoms with E-state index in [0.29, 0.717) is 6.54 Å². The van der Waals surface area contributed by atoms with Crippen LogP contribution >= 0.6 is 11.6 Å². The van der Waals surface area contributed by atoms with Crippen LogP contribution in [-0.4, -0.2) is 26.1 Å². The van der Waals surface area contributed by atoms with Crippen LogP contribution in [-0.2, 0) is 18.4 Å². The van der Waals surface area contributed by atoms with Crippen molar-refractivity contribution in [2.75, 3.05) is 5.88 Å². The lowest BCUT2D eigenvalue weighted by Gasteiger charge is -2.04. The van der Waals surface area contributed by atoms with Crippen LogP contribution in [0.15, 0.2) is 30.7 Å². The molecule has 0 aliphatic heterocycles. The Labute approximate surface area is 104 Å². The average molecular weight is 253 g/mol. The minimum atomic E-state index is -0.186. The first-order valence-electron chi connectivity index (χ1n) is 5.19. The van der Waals surface area contributed by atoms with Gasteiger partial charge in [0.15, 0.2) is 5.82 Å². The Bertz CT molecular complexity index is 504. The Morgan fingerprint density at radius 1 is 1.47 bits per heavy atom. The van der Waals surface area contributed by atoms with Crippen molar-refractivity contribution in [1.29, 1.82) is 0 Å². The largest absolute Gasteiger partial charge is 0.351 e. The van der Waals surface area contributed by atoms with Crippen LogP contribution in [0.1, 0.15) is 5.56 Å². The summed E-state index contributed by atoms with van der Waals surface area (Å²) in [6.07, 6.45) is 5.70. The molecule has 1 amide bonds. The number of amides is 1. The normalized spacial score (nSPS) is 10.5. The molecule has 0 atom stereocenters. The van der Waals surface area contributed by atoms with Gasteiger partial charge in [0.1, 0.15) is 5.88 Å². The zero-order chi connectivity index (χ0) is 12.3. The fraction of sp³-hybridized carbons (Fsp3) is 0.273. The molecule has 1 N–H and O–H groups in total. The van der Waals surface area contributed by atoms with E-state index in [-0.39, 0.29) is 11.8 Å². The quantitative estimate of drug-likeness (QED) is 0.828. The second kappa shape index (κ2) is 5.05. The van der Waals surface area contributed by atoms with Gasteiger partial charge in [-0.05, 0) is 12.1 Å². The van der Waals surface area contributed by atoms with Gasteiger partial charge in [-0.3, -0.25) is 9.48 Å². The average Bonchev–Trinajstić information content (AvgIpc) is 2.94. The van der Waals surface area contributed by atoms with Crippen molar-refractivity contribution in [2.24, 2.45) is 7.05 Å². The first-order valence-corrected chi connectivity index (χ1v) is 5.72. The van der Waals surface area contributed by atoms with Crippen molar-refractivity contribution in [3.8, 4) is 5.82 Å². The van der Waals surface area contributed by atoms with Crippen LogP contribution in [0.3, 0.4) is 0 Å². The molecule has 2 aromatic heterocycles. The molecule has 2 aromatic rings. The third-order valence-electron chi connectivity index (χ3n) is 2.33. The predicted octanol–water partition coefficient (Wildman–Crippen LogP) is 1.07. The number of hydrogen-bond acceptors (Lipinski definition) is 2. The van der Waals surface area contributed by atoms with E-state index in [1.165, 1.54) is 0 Å². The van der Waals surface area contributed by atoms with Gasteiger partial charge < -0.3 is 9.88 Å². The molecule has 0 fully saturated rings. The lowest BCUT2D eigenvalue weighted by molar-refractivity contribution is -0.118. The van der Waals surface area contributed by atoms with Gasteiger partial charge >= 0.3 is 0 Å². The second-order valence-electron chi connectivity index (χ2n) is 3.65. The van der Waals surface area contributed by atoms with Crippen LogP contribution in [0.2, 0.25) is 0 Å². The van der Waals surface area contributed by atoms with Gasteiger partial charge in [-0.1, -0.05) is 0 Å². The molecule has 90 valence electrons. The van der Waals surface area contributed by atoms with E-state index < -0.39 is 0 Å². The van der Waals surface area contributed by atoms with Gasteiger partial charge in [-0.25, -0.2) is 0 Å². The zero-order valence-electron chi connectivity index (χ0n) is 9.43. The second-order valence-corrected chi connectivity index (χ2v) is 3.92. The molecular weight excluding hydrogens is 240 g/mol. The first-order chi connectivity index (χ1) is 8.20. The number of carbonyl (C=O) groups excluding carboxylic acids is 1. The molecule has 0 aliphatic rings. The van der Waals surface area contributed by atoms with E-state index in [9.17, 15) is 4.79 Å². The zero-order valence-corrected chi connectivity index (χ0v) is 10.2. The summed E-state index contributed by atoms with van der Waals surface area (Å²) >= 11 is 5.42. The number of hydrogen-bond donors (Lipinski definition) is 1. The minimum Gasteiger partial charge on any atom is -0.351 e. The molecule has 2 heterocycles. The predicted molar refractivity (Wildman–Crippen MR) is 65.1 cm³/mol. The maximum Gasteiger partial charge on any atom is 0.235 e. The standard InChI is InChI=1S/C11H13ClN4O/c1-15-8-9(7-13-10(17)6-12)11(14-15)16-4-2-3-5-16/h2-5,8H,6-7H2,1H3,(H,13,17). The van der Waals surface area contributed by atoms with Gasteiger partial charge in [0.05, 0.1) is 0 Å². The Morgan fingerprint density at radius 3 is 2.82 bits per heavy atom. The summed E-state index contributed by atoms with van der Waals surface area (Å²) < 4.78 is 3.62. The van der Waals surface area contributed by atoms with Crippen molar-refractivity contribution < 1.29 is 4.79 Å². The van der Waals surface area contributed by atoms with Crippen LogP contribution < -0.4 is 5.32 Å². The Morgan fingerprint density at radius 2 is 2.18 bits per heavy atom. The summed E-state index contributed by atoms with van der Waals surface area (Å²) in [5.41, 5.74) is 0.946. The van der Waals surface area contributed by atoms with Crippen LogP contribution in [0.5, 0.6) is 0 Å². The van der Waals surface area contributed by atoms with Crippen molar-refractivity contribution >= 4 is 17.5 Å². The van der Waals surface area contributed by atoms with Crippen LogP contribution in [0, 0.1) is 0 Å². The molecule has 0 aromatic carbocycles. The number of nitrogens with one attached hydrogen (secondary N) is 1. The molecule has 0 bridgehead atoms. The Kier molecular flexibility index (Phi) is 3.49.